The minimum Gasteiger partial charge on any atom is -0.497 e. The third-order valence-electron chi connectivity index (χ3n) is 4.09. The fourth-order valence-corrected chi connectivity index (χ4v) is 3.84. The summed E-state index contributed by atoms with van der Waals surface area (Å²) in [5, 5.41) is 2.61. The molecule has 4 aromatic rings. The van der Waals surface area contributed by atoms with E-state index in [2.05, 4.69) is 9.97 Å². The number of aromatic amines is 1. The molecular formula is C20H16N2O2S. The summed E-state index contributed by atoms with van der Waals surface area (Å²) >= 11 is 1.49. The molecule has 124 valence electrons. The lowest BCUT2D eigenvalue weighted by atomic mass is 10.1. The fraction of sp³-hybridized carbons (Fsp3) is 0.100. The summed E-state index contributed by atoms with van der Waals surface area (Å²) in [4.78, 5) is 21.0. The van der Waals surface area contributed by atoms with Gasteiger partial charge in [0.2, 0.25) is 0 Å². The topological polar surface area (TPSA) is 55.0 Å². The van der Waals surface area contributed by atoms with Crippen LogP contribution in [-0.2, 0) is 6.42 Å². The average Bonchev–Trinajstić information content (AvgIpc) is 3.07. The Morgan fingerprint density at radius 3 is 2.76 bits per heavy atom. The zero-order valence-electron chi connectivity index (χ0n) is 13.7. The molecule has 1 N–H and O–H groups in total. The van der Waals surface area contributed by atoms with E-state index < -0.39 is 0 Å². The molecule has 0 fully saturated rings. The second-order valence-electron chi connectivity index (χ2n) is 5.74. The highest BCUT2D eigenvalue weighted by Gasteiger charge is 2.13. The monoisotopic (exact) mass is 348 g/mol. The number of ether oxygens (including phenoxy) is 1. The molecule has 2 aromatic heterocycles. The maximum atomic E-state index is 12.7. The van der Waals surface area contributed by atoms with Gasteiger partial charge < -0.3 is 9.72 Å². The standard InChI is InChI=1S/C20H16N2O2S/c1-24-15-9-5-8-14(11-15)16-12-25-20-18(16)19(23)21-17(22-20)10-13-6-3-2-4-7-13/h2-9,11-12H,10H2,1H3,(H,21,22,23). The first-order valence-corrected chi connectivity index (χ1v) is 8.81. The molecule has 0 aliphatic heterocycles. The Morgan fingerprint density at radius 2 is 1.96 bits per heavy atom. The number of thiophene rings is 1. The molecule has 0 saturated carbocycles. The Hall–Kier alpha value is -2.92. The van der Waals surface area contributed by atoms with Crippen LogP contribution in [0.25, 0.3) is 21.3 Å². The van der Waals surface area contributed by atoms with E-state index in [1.807, 2.05) is 60.0 Å². The van der Waals surface area contributed by atoms with Crippen molar-refractivity contribution in [1.29, 1.82) is 0 Å². The first-order chi connectivity index (χ1) is 12.2. The van der Waals surface area contributed by atoms with Crippen LogP contribution in [-0.4, -0.2) is 17.1 Å². The van der Waals surface area contributed by atoms with Crippen molar-refractivity contribution >= 4 is 21.6 Å². The number of nitrogens with one attached hydrogen (secondary N) is 1. The van der Waals surface area contributed by atoms with E-state index in [4.69, 9.17) is 4.74 Å². The Labute approximate surface area is 148 Å². The summed E-state index contributed by atoms with van der Waals surface area (Å²) in [6.07, 6.45) is 0.610. The second-order valence-corrected chi connectivity index (χ2v) is 6.59. The Bertz CT molecular complexity index is 1080. The largest absolute Gasteiger partial charge is 0.497 e. The van der Waals surface area contributed by atoms with Crippen LogP contribution in [0.1, 0.15) is 11.4 Å². The molecule has 2 aromatic carbocycles. The van der Waals surface area contributed by atoms with Gasteiger partial charge in [0.15, 0.2) is 0 Å². The number of hydrogen-bond acceptors (Lipinski definition) is 4. The van der Waals surface area contributed by atoms with Gasteiger partial charge >= 0.3 is 0 Å². The maximum absolute atomic E-state index is 12.7. The third kappa shape index (κ3) is 3.06. The zero-order chi connectivity index (χ0) is 17.2. The van der Waals surface area contributed by atoms with Crippen molar-refractivity contribution in [2.75, 3.05) is 7.11 Å². The molecule has 2 heterocycles. The Balaban J connectivity index is 1.78. The van der Waals surface area contributed by atoms with Crippen LogP contribution in [0.2, 0.25) is 0 Å². The van der Waals surface area contributed by atoms with E-state index in [0.717, 1.165) is 27.3 Å². The molecule has 0 saturated heterocycles. The van der Waals surface area contributed by atoms with Crippen molar-refractivity contribution < 1.29 is 4.74 Å². The minimum absolute atomic E-state index is 0.102. The van der Waals surface area contributed by atoms with Crippen molar-refractivity contribution in [3.63, 3.8) is 0 Å². The number of fused-ring (bicyclic) bond motifs is 1. The highest BCUT2D eigenvalue weighted by Crippen LogP contribution is 2.32. The molecular weight excluding hydrogens is 332 g/mol. The summed E-state index contributed by atoms with van der Waals surface area (Å²) in [7, 11) is 1.63. The molecule has 0 atom stereocenters. The molecule has 0 unspecified atom stereocenters. The molecule has 0 radical (unpaired) electrons. The smallest absolute Gasteiger partial charge is 0.260 e. The predicted octanol–water partition coefficient (Wildman–Crippen LogP) is 4.25. The van der Waals surface area contributed by atoms with Crippen molar-refractivity contribution in [3.05, 3.63) is 81.7 Å². The Kier molecular flexibility index (Phi) is 4.07. The summed E-state index contributed by atoms with van der Waals surface area (Å²) < 4.78 is 5.28. The van der Waals surface area contributed by atoms with Crippen molar-refractivity contribution in [2.45, 2.75) is 6.42 Å². The lowest BCUT2D eigenvalue weighted by Crippen LogP contribution is -2.11. The predicted molar refractivity (Wildman–Crippen MR) is 101 cm³/mol. The molecule has 0 bridgehead atoms. The van der Waals surface area contributed by atoms with Crippen molar-refractivity contribution in [2.24, 2.45) is 0 Å². The summed E-state index contributed by atoms with van der Waals surface area (Å²) in [6.45, 7) is 0. The lowest BCUT2D eigenvalue weighted by molar-refractivity contribution is 0.415. The van der Waals surface area contributed by atoms with Crippen molar-refractivity contribution in [1.82, 2.24) is 9.97 Å². The highest BCUT2D eigenvalue weighted by molar-refractivity contribution is 7.17. The number of aromatic nitrogens is 2. The van der Waals surface area contributed by atoms with Crippen LogP contribution in [0.3, 0.4) is 0 Å². The number of benzene rings is 2. The van der Waals surface area contributed by atoms with Gasteiger partial charge in [0.25, 0.3) is 5.56 Å². The van der Waals surface area contributed by atoms with E-state index in [-0.39, 0.29) is 5.56 Å². The Morgan fingerprint density at radius 1 is 1.12 bits per heavy atom. The number of rotatable bonds is 4. The number of hydrogen-bond donors (Lipinski definition) is 1. The van der Waals surface area contributed by atoms with Crippen LogP contribution < -0.4 is 10.3 Å². The van der Waals surface area contributed by atoms with E-state index >= 15 is 0 Å². The van der Waals surface area contributed by atoms with Gasteiger partial charge in [0, 0.05) is 17.4 Å². The molecule has 0 aliphatic rings. The second kappa shape index (κ2) is 6.53. The zero-order valence-corrected chi connectivity index (χ0v) is 14.5. The van der Waals surface area contributed by atoms with E-state index in [0.29, 0.717) is 17.6 Å². The lowest BCUT2D eigenvalue weighted by Gasteiger charge is -2.04. The minimum atomic E-state index is -0.102. The van der Waals surface area contributed by atoms with Crippen LogP contribution >= 0.6 is 11.3 Å². The third-order valence-corrected chi connectivity index (χ3v) is 4.96. The van der Waals surface area contributed by atoms with Crippen LogP contribution in [0.5, 0.6) is 5.75 Å². The van der Waals surface area contributed by atoms with Gasteiger partial charge in [0.1, 0.15) is 16.4 Å². The molecule has 25 heavy (non-hydrogen) atoms. The van der Waals surface area contributed by atoms with E-state index in [1.54, 1.807) is 7.11 Å². The molecule has 0 spiro atoms. The van der Waals surface area contributed by atoms with Gasteiger partial charge in [-0.25, -0.2) is 4.98 Å². The quantitative estimate of drug-likeness (QED) is 0.600. The molecule has 5 heteroatoms. The first-order valence-electron chi connectivity index (χ1n) is 7.93. The van der Waals surface area contributed by atoms with Crippen LogP contribution in [0.4, 0.5) is 0 Å². The summed E-state index contributed by atoms with van der Waals surface area (Å²) in [5.74, 6) is 1.45. The van der Waals surface area contributed by atoms with Gasteiger partial charge in [-0.2, -0.15) is 0 Å². The fourth-order valence-electron chi connectivity index (χ4n) is 2.87. The van der Waals surface area contributed by atoms with E-state index in [9.17, 15) is 4.79 Å². The maximum Gasteiger partial charge on any atom is 0.260 e. The van der Waals surface area contributed by atoms with Gasteiger partial charge in [-0.3, -0.25) is 4.79 Å². The van der Waals surface area contributed by atoms with Gasteiger partial charge in [-0.1, -0.05) is 42.5 Å². The van der Waals surface area contributed by atoms with Gasteiger partial charge in [0.05, 0.1) is 12.5 Å². The number of methoxy groups -OCH3 is 1. The van der Waals surface area contributed by atoms with E-state index in [1.165, 1.54) is 11.3 Å². The number of H-pyrrole nitrogens is 1. The summed E-state index contributed by atoms with van der Waals surface area (Å²) in [6, 6.07) is 17.7. The molecule has 4 nitrogen and oxygen atoms in total. The highest BCUT2D eigenvalue weighted by atomic mass is 32.1. The normalized spacial score (nSPS) is 10.9. The summed E-state index contributed by atoms with van der Waals surface area (Å²) in [5.41, 5.74) is 2.86. The first kappa shape index (κ1) is 15.6. The SMILES string of the molecule is COc1cccc(-c2csc3nc(Cc4ccccc4)[nH]c(=O)c23)c1. The van der Waals surface area contributed by atoms with Crippen LogP contribution in [0.15, 0.2) is 64.8 Å². The van der Waals surface area contributed by atoms with Crippen LogP contribution in [0, 0.1) is 0 Å². The van der Waals surface area contributed by atoms with Gasteiger partial charge in [-0.05, 0) is 23.3 Å². The molecule has 4 rings (SSSR count). The number of nitrogens with zero attached hydrogens (tertiary/aromatic N) is 1. The van der Waals surface area contributed by atoms with Gasteiger partial charge in [-0.15, -0.1) is 11.3 Å². The molecule has 0 aliphatic carbocycles. The average molecular weight is 348 g/mol. The molecule has 0 amide bonds. The van der Waals surface area contributed by atoms with Crippen molar-refractivity contribution in [3.8, 4) is 16.9 Å².